The normalized spacial score (nSPS) is 10.8. The molecule has 0 saturated heterocycles. The molecule has 0 aliphatic heterocycles. The van der Waals surface area contributed by atoms with Crippen molar-refractivity contribution >= 4 is 17.8 Å². The van der Waals surface area contributed by atoms with Crippen LogP contribution in [0.25, 0.3) is 0 Å². The van der Waals surface area contributed by atoms with E-state index in [-0.39, 0.29) is 35.8 Å². The number of hydrogen-bond acceptors (Lipinski definition) is 7. The Bertz CT molecular complexity index is 689. The molecule has 1 aromatic rings. The number of carbonyl (C=O) groups is 2. The van der Waals surface area contributed by atoms with Gasteiger partial charge in [-0.2, -0.15) is 23.4 Å². The molecule has 0 fully saturated rings. The Morgan fingerprint density at radius 3 is 2.58 bits per heavy atom. The van der Waals surface area contributed by atoms with Crippen molar-refractivity contribution in [2.45, 2.75) is 26.9 Å². The van der Waals surface area contributed by atoms with Crippen molar-refractivity contribution in [3.8, 4) is 6.07 Å². The van der Waals surface area contributed by atoms with Crippen molar-refractivity contribution in [1.29, 1.82) is 5.26 Å². The van der Waals surface area contributed by atoms with Gasteiger partial charge in [0.2, 0.25) is 5.82 Å². The number of rotatable bonds is 5. The molecule has 1 N–H and O–H groups in total. The number of carbonyl (C=O) groups excluding carboxylic acids is 2. The third-order valence-corrected chi connectivity index (χ3v) is 2.67. The summed E-state index contributed by atoms with van der Waals surface area (Å²) >= 11 is 0. The van der Waals surface area contributed by atoms with Crippen LogP contribution in [0.1, 0.15) is 26.6 Å². The zero-order valence-corrected chi connectivity index (χ0v) is 14.2. The Labute approximate surface area is 147 Å². The van der Waals surface area contributed by atoms with E-state index in [9.17, 15) is 22.8 Å². The molecule has 26 heavy (non-hydrogen) atoms. The summed E-state index contributed by atoms with van der Waals surface area (Å²) in [7, 11) is 0. The van der Waals surface area contributed by atoms with Crippen LogP contribution in [0.15, 0.2) is 12.3 Å². The van der Waals surface area contributed by atoms with Crippen LogP contribution in [-0.2, 0) is 9.63 Å². The molecule has 142 valence electrons. The Balaban J connectivity index is 3.33. The van der Waals surface area contributed by atoms with Gasteiger partial charge in [-0.15, -0.1) is 0 Å². The van der Waals surface area contributed by atoms with E-state index in [1.165, 1.54) is 19.2 Å². The molecule has 1 aromatic heterocycles. The monoisotopic (exact) mass is 374 g/mol. The minimum Gasteiger partial charge on any atom is -0.334 e. The molecule has 1 heterocycles. The van der Waals surface area contributed by atoms with Crippen molar-refractivity contribution in [3.05, 3.63) is 18.1 Å². The number of nitrogens with one attached hydrogen (secondary N) is 1. The van der Waals surface area contributed by atoms with E-state index in [0.29, 0.717) is 0 Å². The van der Waals surface area contributed by atoms with Gasteiger partial charge >= 0.3 is 18.2 Å². The highest BCUT2D eigenvalue weighted by Gasteiger charge is 2.44. The number of alkyl halides is 3. The van der Waals surface area contributed by atoms with Crippen LogP contribution in [0.3, 0.4) is 0 Å². The number of hydroxylamine groups is 1. The maximum atomic E-state index is 12.6. The lowest BCUT2D eigenvalue weighted by atomic mass is 10.2. The fraction of sp³-hybridized carbons (Fsp3) is 0.500. The maximum Gasteiger partial charge on any atom is 0.493 e. The Morgan fingerprint density at radius 1 is 1.42 bits per heavy atom. The average molecular weight is 374 g/mol. The molecule has 0 aliphatic rings. The van der Waals surface area contributed by atoms with Crippen molar-refractivity contribution in [1.82, 2.24) is 20.5 Å². The van der Waals surface area contributed by atoms with Crippen LogP contribution in [0, 0.1) is 17.2 Å². The van der Waals surface area contributed by atoms with Crippen LogP contribution in [0.2, 0.25) is 0 Å². The van der Waals surface area contributed by atoms with Gasteiger partial charge in [0.25, 0.3) is 0 Å². The first-order valence-electron chi connectivity index (χ1n) is 7.47. The number of anilines is 1. The van der Waals surface area contributed by atoms with Crippen molar-refractivity contribution < 1.29 is 27.6 Å². The number of halogens is 3. The van der Waals surface area contributed by atoms with E-state index in [1.54, 1.807) is 19.9 Å². The summed E-state index contributed by atoms with van der Waals surface area (Å²) in [4.78, 5) is 35.2. The zero-order chi connectivity index (χ0) is 19.9. The largest absolute Gasteiger partial charge is 0.493 e. The van der Waals surface area contributed by atoms with E-state index in [2.05, 4.69) is 20.1 Å². The first-order valence-corrected chi connectivity index (χ1v) is 7.47. The molecule has 0 atom stereocenters. The molecule has 9 nitrogen and oxygen atoms in total. The summed E-state index contributed by atoms with van der Waals surface area (Å²) < 4.78 is 37.8. The van der Waals surface area contributed by atoms with Gasteiger partial charge in [-0.05, 0) is 18.0 Å². The topological polar surface area (TPSA) is 111 Å². The minimum atomic E-state index is -5.31. The van der Waals surface area contributed by atoms with Gasteiger partial charge in [0.05, 0.1) is 0 Å². The van der Waals surface area contributed by atoms with Crippen molar-refractivity contribution in [3.63, 3.8) is 0 Å². The van der Waals surface area contributed by atoms with Crippen molar-refractivity contribution in [2.75, 3.05) is 18.1 Å². The second-order valence-electron chi connectivity index (χ2n) is 5.31. The number of nitriles is 1. The second kappa shape index (κ2) is 8.84. The molecule has 0 saturated carbocycles. The van der Waals surface area contributed by atoms with Gasteiger partial charge in [0, 0.05) is 25.4 Å². The number of nitrogens with zero attached hydrogens (tertiary/aromatic N) is 5. The molecule has 0 bridgehead atoms. The SMILES string of the molecule is CCNC(=O)N(OC(=O)C(F)(F)F)N(CC(C)C)c1ccnc(C#N)n1. The first kappa shape index (κ1) is 20.9. The predicted molar refractivity (Wildman–Crippen MR) is 82.0 cm³/mol. The second-order valence-corrected chi connectivity index (χ2v) is 5.31. The molecule has 0 aromatic carbocycles. The fourth-order valence-electron chi connectivity index (χ4n) is 1.70. The summed E-state index contributed by atoms with van der Waals surface area (Å²) in [6.45, 7) is 5.01. The van der Waals surface area contributed by atoms with Gasteiger partial charge in [-0.3, -0.25) is 0 Å². The van der Waals surface area contributed by atoms with E-state index < -0.39 is 18.2 Å². The summed E-state index contributed by atoms with van der Waals surface area (Å²) in [6.07, 6.45) is -4.12. The van der Waals surface area contributed by atoms with Crippen LogP contribution >= 0.6 is 0 Å². The van der Waals surface area contributed by atoms with Gasteiger partial charge in [0.1, 0.15) is 6.07 Å². The third kappa shape index (κ3) is 5.76. The first-order chi connectivity index (χ1) is 12.1. The number of hydrazine groups is 1. The standard InChI is InChI=1S/C14H17F3N6O3/c1-4-19-13(25)23(26-12(24)14(15,16)17)22(8-9(2)3)11-5-6-20-10(7-18)21-11/h5-6,9H,4,8H2,1-3H3,(H,19,25). The summed E-state index contributed by atoms with van der Waals surface area (Å²) in [6, 6.07) is 1.83. The third-order valence-electron chi connectivity index (χ3n) is 2.67. The van der Waals surface area contributed by atoms with Crippen LogP contribution in [0.4, 0.5) is 23.8 Å². The van der Waals surface area contributed by atoms with Gasteiger partial charge in [-0.1, -0.05) is 13.8 Å². The smallest absolute Gasteiger partial charge is 0.334 e. The number of amides is 2. The number of aromatic nitrogens is 2. The summed E-state index contributed by atoms with van der Waals surface area (Å²) in [5, 5.41) is 12.2. The summed E-state index contributed by atoms with van der Waals surface area (Å²) in [5.74, 6) is -3.11. The molecule has 12 heteroatoms. The molecule has 2 amide bonds. The minimum absolute atomic E-state index is 0.0375. The molecule has 0 spiro atoms. The highest BCUT2D eigenvalue weighted by atomic mass is 19.4. The molecule has 0 radical (unpaired) electrons. The van der Waals surface area contributed by atoms with E-state index >= 15 is 0 Å². The van der Waals surface area contributed by atoms with E-state index in [4.69, 9.17) is 5.26 Å². The molecule has 0 unspecified atom stereocenters. The lowest BCUT2D eigenvalue weighted by Crippen LogP contribution is -2.54. The highest BCUT2D eigenvalue weighted by Crippen LogP contribution is 2.21. The van der Waals surface area contributed by atoms with Gasteiger partial charge < -0.3 is 10.2 Å². The van der Waals surface area contributed by atoms with Crippen LogP contribution in [0.5, 0.6) is 0 Å². The zero-order valence-electron chi connectivity index (χ0n) is 14.2. The predicted octanol–water partition coefficient (Wildman–Crippen LogP) is 1.78. The Kier molecular flexibility index (Phi) is 7.12. The molecule has 1 rings (SSSR count). The number of hydrogen-bond donors (Lipinski definition) is 1. The number of urea groups is 1. The molecule has 0 aliphatic carbocycles. The lowest BCUT2D eigenvalue weighted by molar-refractivity contribution is -0.230. The van der Waals surface area contributed by atoms with Crippen molar-refractivity contribution in [2.24, 2.45) is 5.92 Å². The van der Waals surface area contributed by atoms with Gasteiger partial charge in [-0.25, -0.2) is 19.6 Å². The maximum absolute atomic E-state index is 12.6. The Morgan fingerprint density at radius 2 is 2.08 bits per heavy atom. The van der Waals surface area contributed by atoms with Crippen LogP contribution in [-0.4, -0.2) is 46.4 Å². The highest BCUT2D eigenvalue weighted by molar-refractivity contribution is 5.80. The molecular weight excluding hydrogens is 357 g/mol. The Hall–Kier alpha value is -3.10. The van der Waals surface area contributed by atoms with Gasteiger partial charge in [0.15, 0.2) is 5.82 Å². The fourth-order valence-corrected chi connectivity index (χ4v) is 1.70. The average Bonchev–Trinajstić information content (AvgIpc) is 2.56. The summed E-state index contributed by atoms with van der Waals surface area (Å²) in [5.41, 5.74) is 0. The molecular formula is C14H17F3N6O3. The van der Waals surface area contributed by atoms with E-state index in [0.717, 1.165) is 5.01 Å². The van der Waals surface area contributed by atoms with E-state index in [1.807, 2.05) is 0 Å². The van der Waals surface area contributed by atoms with Crippen LogP contribution < -0.4 is 10.3 Å². The quantitative estimate of drug-likeness (QED) is 0.782. The lowest BCUT2D eigenvalue weighted by Gasteiger charge is -2.34.